The molecule has 0 aliphatic carbocycles. The second kappa shape index (κ2) is 11.4. The number of aliphatic hydroxyl groups is 1. The number of nitriles is 1. The highest BCUT2D eigenvalue weighted by Gasteiger charge is 2.46. The summed E-state index contributed by atoms with van der Waals surface area (Å²) in [6.07, 6.45) is 4.61. The van der Waals surface area contributed by atoms with E-state index in [1.807, 2.05) is 37.3 Å². The molecule has 1 saturated heterocycles. The number of amides is 1. The van der Waals surface area contributed by atoms with Gasteiger partial charge in [-0.15, -0.1) is 0 Å². The first-order chi connectivity index (χ1) is 21.4. The molecule has 2 aliphatic heterocycles. The zero-order valence-electron chi connectivity index (χ0n) is 24.9. The lowest BCUT2D eigenvalue weighted by Crippen LogP contribution is -2.43. The second-order valence-corrected chi connectivity index (χ2v) is 13.4. The van der Waals surface area contributed by atoms with E-state index in [0.29, 0.717) is 30.0 Å². The summed E-state index contributed by atoms with van der Waals surface area (Å²) in [4.78, 5) is 17.0. The SMILES string of the molecule is Cc1c(S(=O)(=O)N2C(C)CCC2CC(C)(O)c2cc(-c3ccccc3)on2)c2n(c1C(=O)Nc1cc(F)nc(C#N)c1)CC=C2. The Morgan fingerprint density at radius 1 is 1.24 bits per heavy atom. The third kappa shape index (κ3) is 5.45. The molecule has 13 heteroatoms. The Hall–Kier alpha value is -4.64. The van der Waals surface area contributed by atoms with E-state index < -0.39 is 33.5 Å². The number of pyridine rings is 1. The maximum absolute atomic E-state index is 14.5. The van der Waals surface area contributed by atoms with Crippen molar-refractivity contribution in [2.45, 2.75) is 69.2 Å². The summed E-state index contributed by atoms with van der Waals surface area (Å²) in [5, 5.41) is 27.4. The minimum Gasteiger partial charge on any atom is -0.384 e. The molecule has 2 N–H and O–H groups in total. The Bertz CT molecular complexity index is 1980. The standard InChI is InChI=1S/C32H31FN6O5S/c1-19-11-12-24(17-32(3,41)27-16-26(44-37-27)21-8-5-4-6-9-21)39(19)45(42,43)30-20(2)29(38-13-7-10-25(30)38)31(40)36-22-14-23(18-34)35-28(33)15-22/h4-10,14-16,19,24,41H,11-13,17H2,1-3H3,(H,35,36,40). The smallest absolute Gasteiger partial charge is 0.272 e. The monoisotopic (exact) mass is 630 g/mol. The van der Waals surface area contributed by atoms with Crippen LogP contribution in [0.1, 0.15) is 66.2 Å². The summed E-state index contributed by atoms with van der Waals surface area (Å²) in [5.74, 6) is -1.09. The van der Waals surface area contributed by atoms with Crippen LogP contribution < -0.4 is 5.32 Å². The maximum atomic E-state index is 14.5. The number of anilines is 1. The van der Waals surface area contributed by atoms with E-state index in [4.69, 9.17) is 9.78 Å². The Kier molecular flexibility index (Phi) is 7.68. The number of fused-ring (bicyclic) bond motifs is 1. The Balaban J connectivity index is 1.31. The van der Waals surface area contributed by atoms with Gasteiger partial charge in [0.15, 0.2) is 5.76 Å². The predicted octanol–water partition coefficient (Wildman–Crippen LogP) is 4.98. The van der Waals surface area contributed by atoms with Crippen molar-refractivity contribution < 1.29 is 27.2 Å². The van der Waals surface area contributed by atoms with Crippen molar-refractivity contribution in [3.05, 3.63) is 88.9 Å². The van der Waals surface area contributed by atoms with E-state index in [-0.39, 0.29) is 46.5 Å². The molecule has 5 heterocycles. The molecule has 1 fully saturated rings. The van der Waals surface area contributed by atoms with E-state index in [9.17, 15) is 22.7 Å². The van der Waals surface area contributed by atoms with Gasteiger partial charge in [-0.1, -0.05) is 41.6 Å². The quantitative estimate of drug-likeness (QED) is 0.259. The Morgan fingerprint density at radius 2 is 2.00 bits per heavy atom. The van der Waals surface area contributed by atoms with Crippen LogP contribution in [-0.2, 0) is 22.2 Å². The number of nitrogens with one attached hydrogen (secondary N) is 1. The van der Waals surface area contributed by atoms with Crippen LogP contribution in [0.4, 0.5) is 10.1 Å². The number of hydrogen-bond donors (Lipinski definition) is 2. The fraction of sp³-hybridized carbons (Fsp3) is 0.312. The lowest BCUT2D eigenvalue weighted by atomic mass is 9.92. The molecule has 11 nitrogen and oxygen atoms in total. The highest BCUT2D eigenvalue weighted by atomic mass is 32.2. The lowest BCUT2D eigenvalue weighted by Gasteiger charge is -2.32. The number of rotatable bonds is 8. The van der Waals surface area contributed by atoms with Crippen molar-refractivity contribution in [2.75, 3.05) is 5.32 Å². The average molecular weight is 631 g/mol. The number of carbonyl (C=O) groups excluding carboxylic acids is 1. The summed E-state index contributed by atoms with van der Waals surface area (Å²) in [6.45, 7) is 5.27. The fourth-order valence-corrected chi connectivity index (χ4v) is 8.70. The Morgan fingerprint density at radius 3 is 2.73 bits per heavy atom. The topological polar surface area (TPSA) is 154 Å². The van der Waals surface area contributed by atoms with E-state index in [1.54, 1.807) is 42.7 Å². The van der Waals surface area contributed by atoms with Crippen LogP contribution in [0.3, 0.4) is 0 Å². The van der Waals surface area contributed by atoms with E-state index in [1.165, 1.54) is 10.4 Å². The number of halogens is 1. The fourth-order valence-electron chi connectivity index (χ4n) is 6.41. The number of nitrogens with zero attached hydrogens (tertiary/aromatic N) is 5. The maximum Gasteiger partial charge on any atom is 0.272 e. The van der Waals surface area contributed by atoms with Crippen LogP contribution in [-0.4, -0.2) is 50.5 Å². The first kappa shape index (κ1) is 30.4. The van der Waals surface area contributed by atoms with Crippen LogP contribution in [0.15, 0.2) is 64.0 Å². The van der Waals surface area contributed by atoms with Gasteiger partial charge in [0.25, 0.3) is 5.91 Å². The molecule has 1 amide bonds. The number of aromatic nitrogens is 3. The molecule has 45 heavy (non-hydrogen) atoms. The number of carbonyl (C=O) groups is 1. The van der Waals surface area contributed by atoms with E-state index >= 15 is 0 Å². The van der Waals surface area contributed by atoms with Crippen molar-refractivity contribution in [3.63, 3.8) is 0 Å². The van der Waals surface area contributed by atoms with Gasteiger partial charge in [0.05, 0.1) is 5.69 Å². The Labute approximate surface area is 259 Å². The van der Waals surface area contributed by atoms with Gasteiger partial charge in [-0.05, 0) is 52.2 Å². The van der Waals surface area contributed by atoms with Gasteiger partial charge in [0.1, 0.15) is 33.6 Å². The van der Waals surface area contributed by atoms with Gasteiger partial charge in [-0.25, -0.2) is 13.4 Å². The average Bonchev–Trinajstić information content (AvgIpc) is 3.77. The molecule has 3 unspecified atom stereocenters. The van der Waals surface area contributed by atoms with Gasteiger partial charge >= 0.3 is 0 Å². The van der Waals surface area contributed by atoms with Crippen LogP contribution in [0.2, 0.25) is 0 Å². The first-order valence-corrected chi connectivity index (χ1v) is 15.9. The summed E-state index contributed by atoms with van der Waals surface area (Å²) < 4.78 is 51.5. The molecule has 2 aliphatic rings. The van der Waals surface area contributed by atoms with Crippen molar-refractivity contribution in [3.8, 4) is 17.4 Å². The molecule has 0 bridgehead atoms. The summed E-state index contributed by atoms with van der Waals surface area (Å²) in [6, 6.07) is 14.1. The van der Waals surface area contributed by atoms with Crippen molar-refractivity contribution >= 4 is 27.7 Å². The van der Waals surface area contributed by atoms with E-state index in [0.717, 1.165) is 11.6 Å². The number of benzene rings is 1. The summed E-state index contributed by atoms with van der Waals surface area (Å²) in [5.41, 5.74) is 0.136. The molecule has 4 aromatic rings. The number of allylic oxidation sites excluding steroid dienone is 1. The molecular weight excluding hydrogens is 599 g/mol. The van der Waals surface area contributed by atoms with Gasteiger partial charge in [0.2, 0.25) is 16.0 Å². The van der Waals surface area contributed by atoms with Crippen LogP contribution in [0.5, 0.6) is 0 Å². The zero-order chi connectivity index (χ0) is 32.1. The van der Waals surface area contributed by atoms with Gasteiger partial charge in [-0.3, -0.25) is 4.79 Å². The predicted molar refractivity (Wildman–Crippen MR) is 163 cm³/mol. The molecule has 3 atom stereocenters. The molecule has 3 aromatic heterocycles. The van der Waals surface area contributed by atoms with Crippen molar-refractivity contribution in [2.24, 2.45) is 0 Å². The van der Waals surface area contributed by atoms with E-state index in [2.05, 4.69) is 15.5 Å². The van der Waals surface area contributed by atoms with Crippen molar-refractivity contribution in [1.29, 1.82) is 5.26 Å². The number of sulfonamides is 1. The summed E-state index contributed by atoms with van der Waals surface area (Å²) >= 11 is 0. The largest absolute Gasteiger partial charge is 0.384 e. The molecule has 6 rings (SSSR count). The highest BCUT2D eigenvalue weighted by Crippen LogP contribution is 2.41. The minimum absolute atomic E-state index is 0.00576. The zero-order valence-corrected chi connectivity index (χ0v) is 25.7. The summed E-state index contributed by atoms with van der Waals surface area (Å²) in [7, 11) is -4.18. The minimum atomic E-state index is -4.18. The first-order valence-electron chi connectivity index (χ1n) is 14.5. The van der Waals surface area contributed by atoms with Crippen LogP contribution in [0, 0.1) is 24.2 Å². The lowest BCUT2D eigenvalue weighted by molar-refractivity contribution is 0.0229. The normalized spacial score (nSPS) is 19.3. The third-order valence-corrected chi connectivity index (χ3v) is 10.7. The second-order valence-electron chi connectivity index (χ2n) is 11.7. The van der Waals surface area contributed by atoms with Gasteiger partial charge in [-0.2, -0.15) is 14.0 Å². The van der Waals surface area contributed by atoms with Crippen molar-refractivity contribution in [1.82, 2.24) is 19.0 Å². The molecule has 0 radical (unpaired) electrons. The van der Waals surface area contributed by atoms with Gasteiger partial charge < -0.3 is 19.5 Å². The third-order valence-electron chi connectivity index (χ3n) is 8.44. The highest BCUT2D eigenvalue weighted by molar-refractivity contribution is 7.89. The molecule has 1 aromatic carbocycles. The molecule has 0 spiro atoms. The molecular formula is C32H31FN6O5S. The van der Waals surface area contributed by atoms with Crippen LogP contribution >= 0.6 is 0 Å². The number of hydrogen-bond acceptors (Lipinski definition) is 8. The van der Waals surface area contributed by atoms with Gasteiger partial charge in [0, 0.05) is 47.6 Å². The molecule has 0 saturated carbocycles. The molecule has 232 valence electrons. The van der Waals surface area contributed by atoms with Crippen LogP contribution in [0.25, 0.3) is 17.4 Å².